The average Bonchev–Trinajstić information content (AvgIpc) is 3.30. The van der Waals surface area contributed by atoms with Gasteiger partial charge in [0.05, 0.1) is 17.9 Å². The number of aromatic nitrogens is 4. The van der Waals surface area contributed by atoms with Crippen LogP contribution < -0.4 is 10.6 Å². The van der Waals surface area contributed by atoms with E-state index in [0.29, 0.717) is 11.9 Å². The highest BCUT2D eigenvalue weighted by Gasteiger charge is 2.19. The lowest BCUT2D eigenvalue weighted by molar-refractivity contribution is 0.212. The third-order valence-corrected chi connectivity index (χ3v) is 6.25. The number of nitrogens with zero attached hydrogens (tertiary/aromatic N) is 5. The lowest BCUT2D eigenvalue weighted by atomic mass is 9.96. The van der Waals surface area contributed by atoms with Crippen molar-refractivity contribution in [3.63, 3.8) is 0 Å². The van der Waals surface area contributed by atoms with E-state index in [0.717, 1.165) is 65.3 Å². The first-order valence-electron chi connectivity index (χ1n) is 11.5. The number of hydrogen-bond acceptors (Lipinski definition) is 6. The Morgan fingerprint density at radius 3 is 2.62 bits per heavy atom. The summed E-state index contributed by atoms with van der Waals surface area (Å²) in [7, 11) is 2.17. The molecule has 0 spiro atoms. The monoisotopic (exact) mass is 453 g/mol. The van der Waals surface area contributed by atoms with Gasteiger partial charge in [0.15, 0.2) is 0 Å². The minimum Gasteiger partial charge on any atom is -0.353 e. The van der Waals surface area contributed by atoms with Crippen LogP contribution in [0.3, 0.4) is 0 Å². The van der Waals surface area contributed by atoms with Crippen molar-refractivity contribution in [2.24, 2.45) is 0 Å². The molecule has 0 amide bonds. The molecule has 0 unspecified atom stereocenters. The summed E-state index contributed by atoms with van der Waals surface area (Å²) in [6.07, 6.45) is 17.2. The zero-order chi connectivity index (χ0) is 24.1. The Morgan fingerprint density at radius 2 is 1.94 bits per heavy atom. The van der Waals surface area contributed by atoms with E-state index in [1.165, 1.54) is 0 Å². The highest BCUT2D eigenvalue weighted by atomic mass is 15.3. The van der Waals surface area contributed by atoms with E-state index in [2.05, 4.69) is 73.3 Å². The highest BCUT2D eigenvalue weighted by Crippen LogP contribution is 2.29. The summed E-state index contributed by atoms with van der Waals surface area (Å²) >= 11 is 0. The molecule has 2 N–H and O–H groups in total. The molecule has 3 aromatic heterocycles. The van der Waals surface area contributed by atoms with Crippen LogP contribution in [0.25, 0.3) is 11.3 Å². The summed E-state index contributed by atoms with van der Waals surface area (Å²) in [6, 6.07) is 8.81. The van der Waals surface area contributed by atoms with Gasteiger partial charge in [-0.2, -0.15) is 5.10 Å². The van der Waals surface area contributed by atoms with E-state index >= 15 is 0 Å². The zero-order valence-corrected chi connectivity index (χ0v) is 20.0. The van der Waals surface area contributed by atoms with Gasteiger partial charge in [0.2, 0.25) is 0 Å². The Hall–Kier alpha value is -3.89. The molecule has 0 aromatic carbocycles. The Kier molecular flexibility index (Phi) is 7.09. The van der Waals surface area contributed by atoms with Gasteiger partial charge in [-0.1, -0.05) is 19.1 Å². The largest absolute Gasteiger partial charge is 0.353 e. The Morgan fingerprint density at radius 1 is 1.18 bits per heavy atom. The molecular formula is C27H31N7. The number of pyridine rings is 2. The fourth-order valence-electron chi connectivity index (χ4n) is 4.26. The quantitative estimate of drug-likeness (QED) is 0.396. The minimum atomic E-state index is 0.445. The van der Waals surface area contributed by atoms with Gasteiger partial charge in [0.25, 0.3) is 0 Å². The van der Waals surface area contributed by atoms with Crippen LogP contribution >= 0.6 is 0 Å². The highest BCUT2D eigenvalue weighted by molar-refractivity contribution is 5.83. The van der Waals surface area contributed by atoms with Crippen molar-refractivity contribution in [3.8, 4) is 12.5 Å². The maximum atomic E-state index is 5.30. The van der Waals surface area contributed by atoms with Gasteiger partial charge in [-0.05, 0) is 70.6 Å². The van der Waals surface area contributed by atoms with Crippen molar-refractivity contribution in [2.45, 2.75) is 32.7 Å². The summed E-state index contributed by atoms with van der Waals surface area (Å²) in [5, 5.41) is 10.8. The molecule has 7 nitrogen and oxygen atoms in total. The number of nitrogens with one attached hydrogen (secondary N) is 2. The normalized spacial score (nSPS) is 15.1. The first-order chi connectivity index (χ1) is 16.5. The number of rotatable bonds is 7. The molecule has 0 bridgehead atoms. The van der Waals surface area contributed by atoms with Gasteiger partial charge in [-0.3, -0.25) is 15.0 Å². The van der Waals surface area contributed by atoms with E-state index < -0.39 is 0 Å². The molecule has 3 aromatic rings. The van der Waals surface area contributed by atoms with Crippen LogP contribution in [0.1, 0.15) is 48.2 Å². The molecule has 1 saturated heterocycles. The van der Waals surface area contributed by atoms with Crippen LogP contribution in [-0.4, -0.2) is 44.8 Å². The van der Waals surface area contributed by atoms with Crippen LogP contribution in [0.2, 0.25) is 0 Å². The van der Waals surface area contributed by atoms with Crippen molar-refractivity contribution < 1.29 is 0 Å². The smallest absolute Gasteiger partial charge is 0.137 e. The molecule has 4 heterocycles. The summed E-state index contributed by atoms with van der Waals surface area (Å²) in [6.45, 7) is 10.5. The number of hydrogen-bond donors (Lipinski definition) is 2. The predicted molar refractivity (Wildman–Crippen MR) is 139 cm³/mol. The van der Waals surface area contributed by atoms with Crippen molar-refractivity contribution >= 4 is 22.8 Å². The summed E-state index contributed by atoms with van der Waals surface area (Å²) in [5.41, 5.74) is 6.64. The van der Waals surface area contributed by atoms with Gasteiger partial charge in [-0.25, -0.2) is 4.98 Å². The molecule has 1 aliphatic heterocycles. The van der Waals surface area contributed by atoms with Gasteiger partial charge in [0.1, 0.15) is 5.82 Å². The Balaban J connectivity index is 1.51. The van der Waals surface area contributed by atoms with Gasteiger partial charge >= 0.3 is 0 Å². The first-order valence-corrected chi connectivity index (χ1v) is 11.5. The number of likely N-dealkylation sites (tertiary alicyclic amines) is 1. The summed E-state index contributed by atoms with van der Waals surface area (Å²) < 4.78 is 2.07. The molecule has 0 atom stereocenters. The average molecular weight is 454 g/mol. The van der Waals surface area contributed by atoms with Crippen molar-refractivity contribution in [1.82, 2.24) is 24.6 Å². The Bertz CT molecular complexity index is 1220. The zero-order valence-electron chi connectivity index (χ0n) is 20.0. The third kappa shape index (κ3) is 5.19. The van der Waals surface area contributed by atoms with Crippen molar-refractivity contribution in [3.05, 3.63) is 78.0 Å². The molecule has 1 aliphatic rings. The molecule has 0 saturated carbocycles. The molecule has 34 heavy (non-hydrogen) atoms. The first kappa shape index (κ1) is 23.3. The molecule has 0 radical (unpaired) electrons. The van der Waals surface area contributed by atoms with E-state index in [-0.39, 0.29) is 0 Å². The Labute approximate surface area is 201 Å². The molecule has 0 aliphatic carbocycles. The second-order valence-corrected chi connectivity index (χ2v) is 8.61. The van der Waals surface area contributed by atoms with Crippen molar-refractivity contribution in [2.75, 3.05) is 30.8 Å². The van der Waals surface area contributed by atoms with Crippen LogP contribution in [0, 0.1) is 19.4 Å². The van der Waals surface area contributed by atoms with E-state index in [9.17, 15) is 0 Å². The minimum absolute atomic E-state index is 0.445. The maximum absolute atomic E-state index is 5.30. The van der Waals surface area contributed by atoms with E-state index in [1.807, 2.05) is 44.6 Å². The lowest BCUT2D eigenvalue weighted by Gasteiger charge is -2.28. The van der Waals surface area contributed by atoms with Gasteiger partial charge in [0, 0.05) is 52.7 Å². The number of anilines is 2. The maximum Gasteiger partial charge on any atom is 0.137 e. The van der Waals surface area contributed by atoms with E-state index in [1.54, 1.807) is 0 Å². The number of aryl methyl sites for hydroxylation is 1. The fourth-order valence-corrected chi connectivity index (χ4v) is 4.26. The van der Waals surface area contributed by atoms with Gasteiger partial charge in [-0.15, -0.1) is 0 Å². The van der Waals surface area contributed by atoms with Crippen LogP contribution in [0.5, 0.6) is 0 Å². The predicted octanol–water partition coefficient (Wildman–Crippen LogP) is 4.79. The lowest BCUT2D eigenvalue weighted by Crippen LogP contribution is -2.31. The van der Waals surface area contributed by atoms with Crippen LogP contribution in [0.15, 0.2) is 55.6 Å². The summed E-state index contributed by atoms with van der Waals surface area (Å²) in [4.78, 5) is 11.4. The standard InChI is InChI=1S/C27H31N7/c1-6-25(21-8-9-27(28-7-2)30-15-21)26-14-22(16-29-20(26)4)19(3)32-23-17-31-34(18-23)24-10-12-33(5)13-11-24/h2,6,8-9,14-18,24,32H,3,10-13H2,1,4-5H3,(H,28,30)/b25-6-. The summed E-state index contributed by atoms with van der Waals surface area (Å²) in [5.74, 6) is 0.642. The molecule has 7 heteroatoms. The molecule has 4 rings (SSSR count). The number of piperidine rings is 1. The third-order valence-electron chi connectivity index (χ3n) is 6.25. The molecular weight excluding hydrogens is 422 g/mol. The van der Waals surface area contributed by atoms with Crippen molar-refractivity contribution in [1.29, 1.82) is 0 Å². The second kappa shape index (κ2) is 10.4. The fraction of sp³-hybridized carbons (Fsp3) is 0.296. The molecule has 1 fully saturated rings. The topological polar surface area (TPSA) is 70.9 Å². The number of allylic oxidation sites excluding steroid dienone is 1. The second-order valence-electron chi connectivity index (χ2n) is 8.61. The van der Waals surface area contributed by atoms with E-state index in [4.69, 9.17) is 6.42 Å². The van der Waals surface area contributed by atoms with Crippen LogP contribution in [-0.2, 0) is 0 Å². The SMILES string of the molecule is C#CNc1ccc(/C(=C/C)c2cc(C(=C)Nc3cnn(C4CCN(C)CC4)c3)cnc2C)cn1. The number of terminal acetylenes is 1. The molecule has 174 valence electrons. The van der Waals surface area contributed by atoms with Crippen LogP contribution in [0.4, 0.5) is 11.5 Å². The van der Waals surface area contributed by atoms with Gasteiger partial charge < -0.3 is 10.2 Å².